The fourth-order valence-electron chi connectivity index (χ4n) is 5.11. The lowest BCUT2D eigenvalue weighted by molar-refractivity contribution is -0.125. The minimum Gasteiger partial charge on any atom is -0.358 e. The van der Waals surface area contributed by atoms with E-state index in [4.69, 9.17) is 0 Å². The van der Waals surface area contributed by atoms with Crippen LogP contribution >= 0.6 is 0 Å². The van der Waals surface area contributed by atoms with Gasteiger partial charge in [0.15, 0.2) is 0 Å². The highest BCUT2D eigenvalue weighted by Gasteiger charge is 2.40. The molecule has 3 aliphatic heterocycles. The minimum absolute atomic E-state index is 0.0235. The van der Waals surface area contributed by atoms with Crippen LogP contribution in [0.15, 0.2) is 18.2 Å². The molecule has 0 spiro atoms. The van der Waals surface area contributed by atoms with Gasteiger partial charge in [0, 0.05) is 58.9 Å². The van der Waals surface area contributed by atoms with Gasteiger partial charge in [-0.25, -0.2) is 0 Å². The van der Waals surface area contributed by atoms with Crippen molar-refractivity contribution in [1.29, 1.82) is 0 Å². The maximum absolute atomic E-state index is 13.4. The molecule has 0 radical (unpaired) electrons. The highest BCUT2D eigenvalue weighted by Crippen LogP contribution is 2.40. The molecule has 0 unspecified atom stereocenters. The number of likely N-dealkylation sites (N-methyl/N-ethyl adjacent to an activating group) is 1. The van der Waals surface area contributed by atoms with Gasteiger partial charge < -0.3 is 24.9 Å². The number of amides is 3. The van der Waals surface area contributed by atoms with Crippen LogP contribution in [-0.4, -0.2) is 112 Å². The Labute approximate surface area is 202 Å². The van der Waals surface area contributed by atoms with E-state index < -0.39 is 0 Å². The quantitative estimate of drug-likeness (QED) is 0.596. The lowest BCUT2D eigenvalue weighted by Gasteiger charge is -2.45. The molecule has 3 heterocycles. The fraction of sp³-hybridized carbons (Fsp3) is 0.640. The Balaban J connectivity index is 1.42. The summed E-state index contributed by atoms with van der Waals surface area (Å²) in [5.41, 5.74) is 2.11. The van der Waals surface area contributed by atoms with E-state index in [1.54, 1.807) is 25.1 Å². The third-order valence-electron chi connectivity index (χ3n) is 7.15. The van der Waals surface area contributed by atoms with Gasteiger partial charge in [-0.2, -0.15) is 0 Å². The van der Waals surface area contributed by atoms with Gasteiger partial charge in [-0.1, -0.05) is 0 Å². The third kappa shape index (κ3) is 5.36. The third-order valence-corrected chi connectivity index (χ3v) is 7.15. The maximum Gasteiger partial charge on any atom is 0.253 e. The van der Waals surface area contributed by atoms with Gasteiger partial charge in [-0.15, -0.1) is 0 Å². The van der Waals surface area contributed by atoms with Crippen LogP contribution in [0.25, 0.3) is 0 Å². The number of nitrogens with one attached hydrogen (secondary N) is 1. The summed E-state index contributed by atoms with van der Waals surface area (Å²) < 4.78 is 0. The minimum atomic E-state index is -0.235. The van der Waals surface area contributed by atoms with Crippen LogP contribution in [0.2, 0.25) is 0 Å². The summed E-state index contributed by atoms with van der Waals surface area (Å²) in [6.07, 6.45) is 3.72. The number of rotatable bonds is 7. The molecular weight excluding hydrogens is 432 g/mol. The fourth-order valence-corrected chi connectivity index (χ4v) is 5.11. The first-order valence-corrected chi connectivity index (χ1v) is 12.5. The van der Waals surface area contributed by atoms with E-state index in [0.717, 1.165) is 70.6 Å². The molecule has 1 atom stereocenters. The average Bonchev–Trinajstić information content (AvgIpc) is 2.84. The lowest BCUT2D eigenvalue weighted by Crippen LogP contribution is -2.57. The van der Waals surface area contributed by atoms with E-state index in [2.05, 4.69) is 27.1 Å². The molecule has 2 fully saturated rings. The van der Waals surface area contributed by atoms with Crippen molar-refractivity contribution in [3.63, 3.8) is 0 Å². The van der Waals surface area contributed by atoms with Crippen LogP contribution in [-0.2, 0) is 9.59 Å². The van der Waals surface area contributed by atoms with Crippen molar-refractivity contribution in [3.05, 3.63) is 23.8 Å². The van der Waals surface area contributed by atoms with Crippen molar-refractivity contribution < 1.29 is 14.4 Å². The second kappa shape index (κ2) is 10.7. The zero-order chi connectivity index (χ0) is 24.2. The van der Waals surface area contributed by atoms with Gasteiger partial charge in [0.25, 0.3) is 5.91 Å². The summed E-state index contributed by atoms with van der Waals surface area (Å²) in [6, 6.07) is 5.28. The Bertz CT molecular complexity index is 912. The molecule has 9 heteroatoms. The van der Waals surface area contributed by atoms with Crippen molar-refractivity contribution in [2.24, 2.45) is 0 Å². The second-order valence-corrected chi connectivity index (χ2v) is 9.88. The van der Waals surface area contributed by atoms with Crippen molar-refractivity contribution in [3.8, 4) is 0 Å². The van der Waals surface area contributed by atoms with E-state index in [1.165, 1.54) is 4.90 Å². The summed E-state index contributed by atoms with van der Waals surface area (Å²) in [5, 5.41) is 3.00. The molecule has 0 aliphatic carbocycles. The van der Waals surface area contributed by atoms with Crippen LogP contribution < -0.4 is 15.1 Å². The molecule has 4 rings (SSSR count). The number of hydrogen-bond donors (Lipinski definition) is 1. The van der Waals surface area contributed by atoms with Crippen molar-refractivity contribution in [1.82, 2.24) is 20.0 Å². The highest BCUT2D eigenvalue weighted by atomic mass is 16.2. The predicted molar refractivity (Wildman–Crippen MR) is 133 cm³/mol. The van der Waals surface area contributed by atoms with Gasteiger partial charge >= 0.3 is 0 Å². The Hall–Kier alpha value is -2.65. The average molecular weight is 471 g/mol. The van der Waals surface area contributed by atoms with Crippen molar-refractivity contribution in [2.45, 2.75) is 31.7 Å². The molecule has 1 N–H and O–H groups in total. The van der Waals surface area contributed by atoms with Crippen LogP contribution in [0, 0.1) is 0 Å². The number of carbonyl (C=O) groups excluding carboxylic acids is 3. The van der Waals surface area contributed by atoms with E-state index in [9.17, 15) is 14.4 Å². The molecule has 9 nitrogen and oxygen atoms in total. The number of hydrogen-bond acceptors (Lipinski definition) is 6. The monoisotopic (exact) mass is 470 g/mol. The standard InChI is InChI=1S/C25H38N6O3/c1-27(2)24(33)19-8-9-20-22(17-19)31(25(34)21-7-4-5-12-30(20)21)18-23(32)26-10-6-11-29-15-13-28(3)14-16-29/h8-9,17,21H,4-7,10-16,18H2,1-3H3,(H,26,32)/t21-/m0/s1. The molecule has 34 heavy (non-hydrogen) atoms. The molecule has 3 aliphatic rings. The van der Waals surface area contributed by atoms with E-state index >= 15 is 0 Å². The number of carbonyl (C=O) groups is 3. The van der Waals surface area contributed by atoms with E-state index in [0.29, 0.717) is 17.8 Å². The van der Waals surface area contributed by atoms with Gasteiger partial charge in [0.2, 0.25) is 11.8 Å². The number of benzene rings is 1. The first-order valence-electron chi connectivity index (χ1n) is 12.5. The second-order valence-electron chi connectivity index (χ2n) is 9.88. The molecule has 1 aromatic carbocycles. The number of piperidine rings is 1. The Morgan fingerprint density at radius 1 is 1.06 bits per heavy atom. The molecule has 3 amide bonds. The van der Waals surface area contributed by atoms with Crippen molar-refractivity contribution >= 4 is 29.1 Å². The lowest BCUT2D eigenvalue weighted by atomic mass is 9.95. The largest absolute Gasteiger partial charge is 0.358 e. The molecule has 2 saturated heterocycles. The first-order chi connectivity index (χ1) is 16.3. The summed E-state index contributed by atoms with van der Waals surface area (Å²) in [7, 11) is 5.56. The van der Waals surface area contributed by atoms with E-state index in [-0.39, 0.29) is 30.3 Å². The predicted octanol–water partition coefficient (Wildman–Crippen LogP) is 0.848. The Morgan fingerprint density at radius 3 is 2.56 bits per heavy atom. The molecule has 0 saturated carbocycles. The number of anilines is 2. The summed E-state index contributed by atoms with van der Waals surface area (Å²) in [4.78, 5) is 48.9. The van der Waals surface area contributed by atoms with Crippen LogP contribution in [0.4, 0.5) is 11.4 Å². The molecule has 186 valence electrons. The molecular formula is C25H38N6O3. The van der Waals surface area contributed by atoms with Gasteiger partial charge in [0.05, 0.1) is 11.4 Å². The molecule has 1 aromatic rings. The normalized spacial score (nSPS) is 21.1. The summed E-state index contributed by atoms with van der Waals surface area (Å²) in [6.45, 7) is 6.64. The summed E-state index contributed by atoms with van der Waals surface area (Å²) >= 11 is 0. The Kier molecular flexibility index (Phi) is 7.73. The van der Waals surface area contributed by atoms with Gasteiger partial charge in [0.1, 0.15) is 12.6 Å². The first kappa shape index (κ1) is 24.5. The number of nitrogens with zero attached hydrogens (tertiary/aromatic N) is 5. The molecule has 0 aromatic heterocycles. The zero-order valence-electron chi connectivity index (χ0n) is 20.8. The summed E-state index contributed by atoms with van der Waals surface area (Å²) in [5.74, 6) is -0.329. The number of piperazine rings is 1. The highest BCUT2D eigenvalue weighted by molar-refractivity contribution is 6.09. The zero-order valence-corrected chi connectivity index (χ0v) is 20.8. The number of fused-ring (bicyclic) bond motifs is 3. The smallest absolute Gasteiger partial charge is 0.253 e. The van der Waals surface area contributed by atoms with Gasteiger partial charge in [-0.05, 0) is 57.5 Å². The Morgan fingerprint density at radius 2 is 1.82 bits per heavy atom. The van der Waals surface area contributed by atoms with E-state index in [1.807, 2.05) is 12.1 Å². The van der Waals surface area contributed by atoms with Crippen LogP contribution in [0.1, 0.15) is 36.0 Å². The topological polar surface area (TPSA) is 79.4 Å². The van der Waals surface area contributed by atoms with Crippen LogP contribution in [0.3, 0.4) is 0 Å². The van der Waals surface area contributed by atoms with Gasteiger partial charge in [-0.3, -0.25) is 19.3 Å². The van der Waals surface area contributed by atoms with Crippen LogP contribution in [0.5, 0.6) is 0 Å². The SMILES string of the molecule is CN1CCN(CCCNC(=O)CN2C(=O)[C@@H]3CCCCN3c3ccc(C(=O)N(C)C)cc32)CC1. The maximum atomic E-state index is 13.4. The van der Waals surface area contributed by atoms with Crippen molar-refractivity contribution in [2.75, 3.05) is 83.3 Å². The molecule has 0 bridgehead atoms.